The van der Waals surface area contributed by atoms with Gasteiger partial charge in [0.1, 0.15) is 0 Å². The van der Waals surface area contributed by atoms with Gasteiger partial charge in [-0.15, -0.1) is 0 Å². The summed E-state index contributed by atoms with van der Waals surface area (Å²) in [6, 6.07) is 0. The van der Waals surface area contributed by atoms with Crippen molar-refractivity contribution in [2.75, 3.05) is 6.61 Å². The topological polar surface area (TPSA) is 81.5 Å². The molecule has 0 saturated carbocycles. The third kappa shape index (κ3) is 90.3. The number of unbranched alkanes of at least 4 members (excludes halogenated alkanes) is 1. The molecular formula is C9H22N2O2S2. The Morgan fingerprint density at radius 3 is 1.47 bits per heavy atom. The summed E-state index contributed by atoms with van der Waals surface area (Å²) in [6.07, 6.45) is 3.59. The van der Waals surface area contributed by atoms with Crippen LogP contribution in [0, 0.1) is 0 Å². The Labute approximate surface area is 103 Å². The molecule has 0 aromatic rings. The van der Waals surface area contributed by atoms with Gasteiger partial charge >= 0.3 is 0 Å². The van der Waals surface area contributed by atoms with Gasteiger partial charge < -0.3 is 21.3 Å². The predicted octanol–water partition coefficient (Wildman–Crippen LogP) is 2.25. The number of hydrogen-bond acceptors (Lipinski definition) is 3. The lowest BCUT2D eigenvalue weighted by atomic mass is 10.4. The first-order valence-electron chi connectivity index (χ1n) is 4.82. The lowest BCUT2D eigenvalue weighted by molar-refractivity contribution is 0.308. The van der Waals surface area contributed by atoms with E-state index in [9.17, 15) is 0 Å². The predicted molar refractivity (Wildman–Crippen MR) is 73.0 cm³/mol. The first kappa shape index (κ1) is 19.9. The standard InChI is InChI=1S/C4H9NOS.C4H10.CH3NOS/c1-2-3-6-4(5)7;1-3-4-2;2-1(3)4/h2-3H2,1H3,(H2,5,7);3-4H2,1-2H3;(H3,2,3,4). The fraction of sp³-hybridized carbons (Fsp3) is 0.778. The van der Waals surface area contributed by atoms with Crippen molar-refractivity contribution in [3.63, 3.8) is 0 Å². The average molecular weight is 254 g/mol. The van der Waals surface area contributed by atoms with Crippen LogP contribution in [0.1, 0.15) is 40.0 Å². The van der Waals surface area contributed by atoms with Gasteiger partial charge in [0.15, 0.2) is 0 Å². The maximum absolute atomic E-state index is 7.56. The zero-order valence-corrected chi connectivity index (χ0v) is 11.3. The molecule has 0 aromatic carbocycles. The van der Waals surface area contributed by atoms with Crippen molar-refractivity contribution in [2.24, 2.45) is 11.5 Å². The molecule has 0 heterocycles. The third-order valence-corrected chi connectivity index (χ3v) is 1.07. The van der Waals surface area contributed by atoms with Gasteiger partial charge in [0, 0.05) is 0 Å². The summed E-state index contributed by atoms with van der Waals surface area (Å²) >= 11 is 8.29. The normalized spacial score (nSPS) is 7.40. The molecule has 0 radical (unpaired) electrons. The quantitative estimate of drug-likeness (QED) is 0.670. The summed E-state index contributed by atoms with van der Waals surface area (Å²) in [5.74, 6) is 0. The highest BCUT2D eigenvalue weighted by atomic mass is 32.1. The second-order valence-corrected chi connectivity index (χ2v) is 3.33. The van der Waals surface area contributed by atoms with Crippen LogP contribution in [0.25, 0.3) is 0 Å². The van der Waals surface area contributed by atoms with Gasteiger partial charge in [-0.3, -0.25) is 0 Å². The molecule has 0 aliphatic carbocycles. The third-order valence-electron chi connectivity index (χ3n) is 0.948. The highest BCUT2D eigenvalue weighted by molar-refractivity contribution is 7.80. The van der Waals surface area contributed by atoms with E-state index in [1.54, 1.807) is 0 Å². The van der Waals surface area contributed by atoms with Crippen molar-refractivity contribution in [1.29, 1.82) is 0 Å². The van der Waals surface area contributed by atoms with Crippen LogP contribution in [-0.2, 0) is 4.74 Å². The highest BCUT2D eigenvalue weighted by Crippen LogP contribution is 1.77. The molecule has 0 aromatic heterocycles. The molecule has 0 unspecified atom stereocenters. The molecule has 0 aliphatic rings. The van der Waals surface area contributed by atoms with E-state index in [4.69, 9.17) is 15.6 Å². The fourth-order valence-corrected chi connectivity index (χ4v) is 0.286. The Kier molecular flexibility index (Phi) is 25.2. The molecule has 0 spiro atoms. The van der Waals surface area contributed by atoms with Gasteiger partial charge in [0.25, 0.3) is 10.3 Å². The minimum atomic E-state index is -0.500. The Bertz CT molecular complexity index is 149. The summed E-state index contributed by atoms with van der Waals surface area (Å²) in [6.45, 7) is 6.99. The molecule has 5 N–H and O–H groups in total. The van der Waals surface area contributed by atoms with E-state index < -0.39 is 5.17 Å². The molecule has 92 valence electrons. The maximum Gasteiger partial charge on any atom is 0.253 e. The van der Waals surface area contributed by atoms with Crippen molar-refractivity contribution in [3.05, 3.63) is 0 Å². The van der Waals surface area contributed by atoms with E-state index in [1.807, 2.05) is 6.92 Å². The lowest BCUT2D eigenvalue weighted by Gasteiger charge is -1.96. The van der Waals surface area contributed by atoms with Gasteiger partial charge in [-0.2, -0.15) is 0 Å². The SMILES string of the molecule is CCCC.CCCOC(N)=S.NC(O)=S. The van der Waals surface area contributed by atoms with E-state index in [0.29, 0.717) is 6.61 Å². The number of thiocarbonyl (C=S) groups is 2. The van der Waals surface area contributed by atoms with E-state index in [0.717, 1.165) is 6.42 Å². The molecule has 0 amide bonds. The molecule has 6 heteroatoms. The molecule has 0 aliphatic heterocycles. The van der Waals surface area contributed by atoms with Gasteiger partial charge in [0.2, 0.25) is 0 Å². The van der Waals surface area contributed by atoms with Crippen LogP contribution in [0.4, 0.5) is 0 Å². The van der Waals surface area contributed by atoms with Crippen LogP contribution in [-0.4, -0.2) is 22.1 Å². The van der Waals surface area contributed by atoms with Crippen LogP contribution in [0.3, 0.4) is 0 Å². The van der Waals surface area contributed by atoms with Crippen molar-refractivity contribution in [1.82, 2.24) is 0 Å². The molecule has 0 bridgehead atoms. The second kappa shape index (κ2) is 19.0. The second-order valence-electron chi connectivity index (χ2n) is 2.51. The molecule has 0 fully saturated rings. The number of hydrogen-bond donors (Lipinski definition) is 3. The average Bonchev–Trinajstić information content (AvgIpc) is 2.14. The smallest absolute Gasteiger partial charge is 0.253 e. The number of aliphatic hydroxyl groups is 1. The minimum Gasteiger partial charge on any atom is -0.487 e. The lowest BCUT2D eigenvalue weighted by Crippen LogP contribution is -2.12. The van der Waals surface area contributed by atoms with E-state index in [-0.39, 0.29) is 5.17 Å². The highest BCUT2D eigenvalue weighted by Gasteiger charge is 1.81. The molecule has 15 heavy (non-hydrogen) atoms. The van der Waals surface area contributed by atoms with Crippen LogP contribution in [0.2, 0.25) is 0 Å². The Morgan fingerprint density at radius 2 is 1.40 bits per heavy atom. The number of ether oxygens (including phenoxy) is 1. The Balaban J connectivity index is -0.000000155. The van der Waals surface area contributed by atoms with Crippen molar-refractivity contribution >= 4 is 34.8 Å². The molecule has 4 nitrogen and oxygen atoms in total. The number of nitrogens with two attached hydrogens (primary N) is 2. The summed E-state index contributed by atoms with van der Waals surface area (Å²) < 4.78 is 4.70. The van der Waals surface area contributed by atoms with Crippen LogP contribution in [0.5, 0.6) is 0 Å². The van der Waals surface area contributed by atoms with Crippen molar-refractivity contribution in [2.45, 2.75) is 40.0 Å². The van der Waals surface area contributed by atoms with Crippen molar-refractivity contribution in [3.8, 4) is 0 Å². The van der Waals surface area contributed by atoms with Gasteiger partial charge in [-0.05, 0) is 30.9 Å². The molecule has 0 rings (SSSR count). The minimum absolute atomic E-state index is 0.141. The monoisotopic (exact) mass is 254 g/mol. The van der Waals surface area contributed by atoms with Crippen LogP contribution >= 0.6 is 24.4 Å². The van der Waals surface area contributed by atoms with Gasteiger partial charge in [0.05, 0.1) is 6.61 Å². The van der Waals surface area contributed by atoms with Gasteiger partial charge in [-0.1, -0.05) is 33.6 Å². The maximum atomic E-state index is 7.56. The largest absolute Gasteiger partial charge is 0.487 e. The first-order chi connectivity index (χ1) is 6.92. The summed E-state index contributed by atoms with van der Waals surface area (Å²) in [7, 11) is 0. The van der Waals surface area contributed by atoms with Crippen LogP contribution < -0.4 is 11.5 Å². The number of aliphatic hydroxyl groups excluding tert-OH is 1. The van der Waals surface area contributed by atoms with E-state index in [2.05, 4.69) is 44.0 Å². The fourth-order valence-electron chi connectivity index (χ4n) is 0.203. The van der Waals surface area contributed by atoms with Crippen LogP contribution in [0.15, 0.2) is 0 Å². The molecule has 0 atom stereocenters. The summed E-state index contributed by atoms with van der Waals surface area (Å²) in [5.41, 5.74) is 9.39. The first-order valence-corrected chi connectivity index (χ1v) is 5.64. The molecular weight excluding hydrogens is 232 g/mol. The summed E-state index contributed by atoms with van der Waals surface area (Å²) in [4.78, 5) is 0. The number of rotatable bonds is 3. The Hall–Kier alpha value is -0.620. The summed E-state index contributed by atoms with van der Waals surface area (Å²) in [5, 5.41) is 7.21. The van der Waals surface area contributed by atoms with E-state index >= 15 is 0 Å². The molecule has 0 saturated heterocycles. The zero-order valence-electron chi connectivity index (χ0n) is 9.66. The zero-order chi connectivity index (χ0) is 12.7. The van der Waals surface area contributed by atoms with Crippen molar-refractivity contribution < 1.29 is 9.84 Å². The van der Waals surface area contributed by atoms with Gasteiger partial charge in [-0.25, -0.2) is 0 Å². The van der Waals surface area contributed by atoms with E-state index in [1.165, 1.54) is 12.8 Å². The Morgan fingerprint density at radius 1 is 1.07 bits per heavy atom.